The van der Waals surface area contributed by atoms with Crippen molar-refractivity contribution >= 4 is 28.5 Å². The molecule has 4 heterocycles. The smallest absolute Gasteiger partial charge is 0.356 e. The Morgan fingerprint density at radius 1 is 1.19 bits per heavy atom. The number of esters is 1. The molecule has 2 bridgehead atoms. The molecule has 2 aromatic heterocycles. The second kappa shape index (κ2) is 7.94. The average Bonchev–Trinajstić information content (AvgIpc) is 3.17. The number of aromatic amines is 1. The monoisotopic (exact) mass is 435 g/mol. The lowest BCUT2D eigenvalue weighted by atomic mass is 9.82. The summed E-state index contributed by atoms with van der Waals surface area (Å²) in [6, 6.07) is 12.6. The standard InChI is InChI=1S/C24H26N4O4/c1-14(27-11-15-10-16(13-27)19-8-5-9-20(29)28(19)12-15)23(30)26-21-17-6-3-4-7-18(17)25-22(21)24(31)32-2/h3-9,14-16,25H,10-13H2,1-2H3,(H,26,30)/p+1/t14-,15-,16+/m0/s1. The maximum Gasteiger partial charge on any atom is 0.356 e. The number of carbonyl (C=O) groups excluding carboxylic acids is 2. The Morgan fingerprint density at radius 3 is 2.81 bits per heavy atom. The number of anilines is 1. The van der Waals surface area contributed by atoms with Crippen LogP contribution in [0.25, 0.3) is 10.9 Å². The van der Waals surface area contributed by atoms with Gasteiger partial charge in [-0.2, -0.15) is 0 Å². The third-order valence-corrected chi connectivity index (χ3v) is 6.97. The number of para-hydroxylation sites is 1. The second-order valence-electron chi connectivity index (χ2n) is 8.89. The van der Waals surface area contributed by atoms with Gasteiger partial charge in [-0.05, 0) is 25.5 Å². The van der Waals surface area contributed by atoms with E-state index >= 15 is 0 Å². The SMILES string of the molecule is COC(=O)c1[nH]c2ccccc2c1NC(=O)[C@H](C)[NH+]1C[C@@H]2C[C@H](C1)c1cccc(=O)n1C2. The van der Waals surface area contributed by atoms with Crippen molar-refractivity contribution in [2.24, 2.45) is 5.92 Å². The van der Waals surface area contributed by atoms with E-state index in [9.17, 15) is 14.4 Å². The number of carbonyl (C=O) groups is 2. The number of fused-ring (bicyclic) bond motifs is 5. The molecule has 1 saturated heterocycles. The van der Waals surface area contributed by atoms with E-state index in [0.29, 0.717) is 18.2 Å². The molecule has 2 aliphatic rings. The number of rotatable bonds is 4. The summed E-state index contributed by atoms with van der Waals surface area (Å²) in [6.07, 6.45) is 1.05. The number of amides is 1. The summed E-state index contributed by atoms with van der Waals surface area (Å²) in [4.78, 5) is 42.1. The largest absolute Gasteiger partial charge is 0.464 e. The number of pyridine rings is 1. The molecule has 8 nitrogen and oxygen atoms in total. The van der Waals surface area contributed by atoms with Gasteiger partial charge in [0.05, 0.1) is 25.9 Å². The van der Waals surface area contributed by atoms with Crippen molar-refractivity contribution in [2.45, 2.75) is 31.8 Å². The Balaban J connectivity index is 1.39. The molecule has 0 aliphatic carbocycles. The first-order valence-electron chi connectivity index (χ1n) is 11.0. The van der Waals surface area contributed by atoms with Gasteiger partial charge in [0.1, 0.15) is 5.69 Å². The quantitative estimate of drug-likeness (QED) is 0.536. The number of H-pyrrole nitrogens is 1. The van der Waals surface area contributed by atoms with E-state index < -0.39 is 5.97 Å². The van der Waals surface area contributed by atoms with Gasteiger partial charge in [-0.3, -0.25) is 9.59 Å². The third kappa shape index (κ3) is 3.40. The number of methoxy groups -OCH3 is 1. The maximum absolute atomic E-state index is 13.3. The summed E-state index contributed by atoms with van der Waals surface area (Å²) in [5, 5.41) is 3.76. The maximum atomic E-state index is 13.3. The molecule has 4 atom stereocenters. The van der Waals surface area contributed by atoms with Gasteiger partial charge in [0.25, 0.3) is 11.5 Å². The number of piperidine rings is 1. The van der Waals surface area contributed by atoms with Crippen LogP contribution in [0.3, 0.4) is 0 Å². The first-order valence-corrected chi connectivity index (χ1v) is 11.0. The Hall–Kier alpha value is -3.39. The number of nitrogens with zero attached hydrogens (tertiary/aromatic N) is 1. The van der Waals surface area contributed by atoms with Crippen molar-refractivity contribution in [3.63, 3.8) is 0 Å². The predicted molar refractivity (Wildman–Crippen MR) is 120 cm³/mol. The van der Waals surface area contributed by atoms with Crippen LogP contribution in [0.1, 0.15) is 35.4 Å². The highest BCUT2D eigenvalue weighted by Gasteiger charge is 2.40. The molecule has 166 valence electrons. The molecule has 0 saturated carbocycles. The van der Waals surface area contributed by atoms with Crippen LogP contribution in [0, 0.1) is 5.92 Å². The lowest BCUT2D eigenvalue weighted by molar-refractivity contribution is -0.924. The molecule has 1 amide bonds. The van der Waals surface area contributed by atoms with Crippen molar-refractivity contribution in [3.05, 3.63) is 64.2 Å². The fourth-order valence-corrected chi connectivity index (χ4v) is 5.35. The first kappa shape index (κ1) is 20.5. The van der Waals surface area contributed by atoms with E-state index in [1.807, 2.05) is 47.9 Å². The second-order valence-corrected chi connectivity index (χ2v) is 8.89. The molecule has 1 fully saturated rings. The number of hydrogen-bond acceptors (Lipinski definition) is 4. The van der Waals surface area contributed by atoms with Crippen molar-refractivity contribution in [2.75, 3.05) is 25.5 Å². The van der Waals surface area contributed by atoms with E-state index in [1.54, 1.807) is 6.07 Å². The van der Waals surface area contributed by atoms with Gasteiger partial charge < -0.3 is 24.5 Å². The minimum atomic E-state index is -0.522. The molecular formula is C24H27N4O4+. The number of quaternary nitrogens is 1. The Kier molecular flexibility index (Phi) is 5.09. The molecule has 1 unspecified atom stereocenters. The lowest BCUT2D eigenvalue weighted by Gasteiger charge is -2.42. The summed E-state index contributed by atoms with van der Waals surface area (Å²) in [5.74, 6) is -0.0305. The summed E-state index contributed by atoms with van der Waals surface area (Å²) in [7, 11) is 1.32. The molecule has 2 aliphatic heterocycles. The number of ether oxygens (including phenoxy) is 1. The Bertz CT molecular complexity index is 1260. The summed E-state index contributed by atoms with van der Waals surface area (Å²) < 4.78 is 6.80. The van der Waals surface area contributed by atoms with E-state index in [4.69, 9.17) is 4.74 Å². The highest BCUT2D eigenvalue weighted by atomic mass is 16.5. The number of aromatic nitrogens is 2. The van der Waals surface area contributed by atoms with Crippen molar-refractivity contribution in [3.8, 4) is 0 Å². The molecule has 8 heteroatoms. The average molecular weight is 436 g/mol. The van der Waals surface area contributed by atoms with Crippen LogP contribution in [-0.2, 0) is 16.1 Å². The molecule has 0 radical (unpaired) electrons. The van der Waals surface area contributed by atoms with Gasteiger partial charge >= 0.3 is 5.97 Å². The molecular weight excluding hydrogens is 408 g/mol. The molecule has 1 aromatic carbocycles. The highest BCUT2D eigenvalue weighted by molar-refractivity contribution is 6.11. The summed E-state index contributed by atoms with van der Waals surface area (Å²) in [5.41, 5.74) is 2.59. The van der Waals surface area contributed by atoms with Crippen molar-refractivity contribution in [1.82, 2.24) is 9.55 Å². The summed E-state index contributed by atoms with van der Waals surface area (Å²) >= 11 is 0. The van der Waals surface area contributed by atoms with Gasteiger partial charge in [0, 0.05) is 41.0 Å². The highest BCUT2D eigenvalue weighted by Crippen LogP contribution is 2.31. The van der Waals surface area contributed by atoms with E-state index in [-0.39, 0.29) is 29.1 Å². The molecule has 5 rings (SSSR count). The van der Waals surface area contributed by atoms with E-state index in [1.165, 1.54) is 12.0 Å². The lowest BCUT2D eigenvalue weighted by Crippen LogP contribution is -3.18. The zero-order valence-electron chi connectivity index (χ0n) is 18.2. The molecule has 3 N–H and O–H groups in total. The van der Waals surface area contributed by atoms with Crippen LogP contribution < -0.4 is 15.8 Å². The van der Waals surface area contributed by atoms with Crippen LogP contribution in [0.2, 0.25) is 0 Å². The van der Waals surface area contributed by atoms with Gasteiger partial charge in [-0.15, -0.1) is 0 Å². The van der Waals surface area contributed by atoms with Crippen LogP contribution in [0.5, 0.6) is 0 Å². The number of hydrogen-bond donors (Lipinski definition) is 3. The van der Waals surface area contributed by atoms with E-state index in [0.717, 1.165) is 36.1 Å². The van der Waals surface area contributed by atoms with Crippen molar-refractivity contribution in [1.29, 1.82) is 0 Å². The fourth-order valence-electron chi connectivity index (χ4n) is 5.35. The molecule has 32 heavy (non-hydrogen) atoms. The zero-order chi connectivity index (χ0) is 22.4. The van der Waals surface area contributed by atoms with Gasteiger partial charge in [0.15, 0.2) is 6.04 Å². The Labute approximate surface area is 185 Å². The third-order valence-electron chi connectivity index (χ3n) is 6.97. The topological polar surface area (TPSA) is 97.6 Å². The normalized spacial score (nSPS) is 22.8. The predicted octanol–water partition coefficient (Wildman–Crippen LogP) is 1.15. The van der Waals surface area contributed by atoms with Gasteiger partial charge in [-0.1, -0.05) is 24.3 Å². The van der Waals surface area contributed by atoms with Gasteiger partial charge in [0.2, 0.25) is 0 Å². The van der Waals surface area contributed by atoms with E-state index in [2.05, 4.69) is 10.3 Å². The zero-order valence-corrected chi connectivity index (χ0v) is 18.2. The molecule has 0 spiro atoms. The minimum absolute atomic E-state index is 0.0566. The number of nitrogens with one attached hydrogen (secondary N) is 3. The van der Waals surface area contributed by atoms with Crippen LogP contribution in [0.15, 0.2) is 47.3 Å². The van der Waals surface area contributed by atoms with Gasteiger partial charge in [-0.25, -0.2) is 4.79 Å². The fraction of sp³-hybridized carbons (Fsp3) is 0.375. The number of benzene rings is 1. The molecule has 3 aromatic rings. The number of likely N-dealkylation sites (tertiary alicyclic amines) is 1. The van der Waals surface area contributed by atoms with Crippen molar-refractivity contribution < 1.29 is 19.2 Å². The first-order chi connectivity index (χ1) is 15.5. The van der Waals surface area contributed by atoms with Crippen LogP contribution >= 0.6 is 0 Å². The summed E-state index contributed by atoms with van der Waals surface area (Å²) in [6.45, 7) is 4.27. The Morgan fingerprint density at radius 2 is 2.00 bits per heavy atom. The van der Waals surface area contributed by atoms with Crippen LogP contribution in [-0.4, -0.2) is 47.7 Å². The minimum Gasteiger partial charge on any atom is -0.464 e. The van der Waals surface area contributed by atoms with Crippen LogP contribution in [0.4, 0.5) is 5.69 Å².